The number of benzene rings is 1. The van der Waals surface area contributed by atoms with Crippen molar-refractivity contribution in [2.75, 3.05) is 20.3 Å². The molecule has 0 atom stereocenters. The summed E-state index contributed by atoms with van der Waals surface area (Å²) in [6, 6.07) is 4.94. The molecular formula is C12H18FNO2. The van der Waals surface area contributed by atoms with Gasteiger partial charge in [-0.15, -0.1) is 0 Å². The maximum atomic E-state index is 13.5. The van der Waals surface area contributed by atoms with Gasteiger partial charge in [0.25, 0.3) is 0 Å². The summed E-state index contributed by atoms with van der Waals surface area (Å²) in [4.78, 5) is 0. The molecule has 0 saturated carbocycles. The standard InChI is InChI=1S/C12H18FNO2/c1-14-9-10-4-5-12(11(13)8-10)16-7-3-2-6-15/h4-5,8,14-15H,2-3,6-7,9H2,1H3. The third kappa shape index (κ3) is 4.16. The van der Waals surface area contributed by atoms with Gasteiger partial charge in [-0.2, -0.15) is 0 Å². The molecule has 1 aromatic carbocycles. The smallest absolute Gasteiger partial charge is 0.165 e. The SMILES string of the molecule is CNCc1ccc(OCCCCO)c(F)c1. The minimum Gasteiger partial charge on any atom is -0.491 e. The molecule has 16 heavy (non-hydrogen) atoms. The van der Waals surface area contributed by atoms with Crippen molar-refractivity contribution in [2.45, 2.75) is 19.4 Å². The summed E-state index contributed by atoms with van der Waals surface area (Å²) < 4.78 is 18.7. The van der Waals surface area contributed by atoms with Crippen LogP contribution in [-0.2, 0) is 6.54 Å². The van der Waals surface area contributed by atoms with Crippen LogP contribution in [0.4, 0.5) is 4.39 Å². The first-order chi connectivity index (χ1) is 7.77. The molecule has 0 aliphatic carbocycles. The summed E-state index contributed by atoms with van der Waals surface area (Å²) >= 11 is 0. The van der Waals surface area contributed by atoms with E-state index >= 15 is 0 Å². The second-order valence-electron chi connectivity index (χ2n) is 3.57. The van der Waals surface area contributed by atoms with Crippen LogP contribution in [-0.4, -0.2) is 25.4 Å². The second kappa shape index (κ2) is 7.19. The minimum atomic E-state index is -0.336. The zero-order chi connectivity index (χ0) is 11.8. The molecule has 0 radical (unpaired) electrons. The number of unbranched alkanes of at least 4 members (excludes halogenated alkanes) is 1. The molecule has 4 heteroatoms. The number of aliphatic hydroxyl groups excluding tert-OH is 1. The van der Waals surface area contributed by atoms with Gasteiger partial charge < -0.3 is 15.2 Å². The molecule has 0 saturated heterocycles. The Kier molecular flexibility index (Phi) is 5.82. The fraction of sp³-hybridized carbons (Fsp3) is 0.500. The van der Waals surface area contributed by atoms with Crippen molar-refractivity contribution >= 4 is 0 Å². The van der Waals surface area contributed by atoms with Gasteiger partial charge in [-0.1, -0.05) is 6.07 Å². The normalized spacial score (nSPS) is 10.4. The second-order valence-corrected chi connectivity index (χ2v) is 3.57. The van der Waals surface area contributed by atoms with E-state index in [4.69, 9.17) is 9.84 Å². The molecular weight excluding hydrogens is 209 g/mol. The van der Waals surface area contributed by atoms with Crippen LogP contribution in [0.5, 0.6) is 5.75 Å². The van der Waals surface area contributed by atoms with E-state index in [1.807, 2.05) is 13.1 Å². The molecule has 0 bridgehead atoms. The third-order valence-corrected chi connectivity index (χ3v) is 2.19. The molecule has 0 aromatic heterocycles. The van der Waals surface area contributed by atoms with Gasteiger partial charge in [0.15, 0.2) is 11.6 Å². The minimum absolute atomic E-state index is 0.146. The van der Waals surface area contributed by atoms with Gasteiger partial charge in [0.1, 0.15) is 0 Å². The average molecular weight is 227 g/mol. The predicted octanol–water partition coefficient (Wildman–Crippen LogP) is 1.70. The van der Waals surface area contributed by atoms with E-state index in [1.165, 1.54) is 6.07 Å². The molecule has 0 aliphatic rings. The summed E-state index contributed by atoms with van der Waals surface area (Å²) in [5.41, 5.74) is 0.891. The van der Waals surface area contributed by atoms with Gasteiger partial charge >= 0.3 is 0 Å². The molecule has 3 nitrogen and oxygen atoms in total. The first kappa shape index (κ1) is 12.9. The molecule has 0 spiro atoms. The molecule has 0 amide bonds. The van der Waals surface area contributed by atoms with E-state index in [-0.39, 0.29) is 18.2 Å². The number of rotatable bonds is 7. The van der Waals surface area contributed by atoms with Crippen molar-refractivity contribution in [1.82, 2.24) is 5.32 Å². The fourth-order valence-electron chi connectivity index (χ4n) is 1.37. The Morgan fingerprint density at radius 3 is 2.81 bits per heavy atom. The van der Waals surface area contributed by atoms with Crippen LogP contribution in [0.2, 0.25) is 0 Å². The molecule has 0 heterocycles. The number of hydrogen-bond donors (Lipinski definition) is 2. The van der Waals surface area contributed by atoms with Crippen LogP contribution in [0.1, 0.15) is 18.4 Å². The Morgan fingerprint density at radius 1 is 1.38 bits per heavy atom. The number of halogens is 1. The van der Waals surface area contributed by atoms with E-state index in [0.29, 0.717) is 19.6 Å². The monoisotopic (exact) mass is 227 g/mol. The zero-order valence-electron chi connectivity index (χ0n) is 9.50. The number of hydrogen-bond acceptors (Lipinski definition) is 3. The van der Waals surface area contributed by atoms with Crippen molar-refractivity contribution in [3.05, 3.63) is 29.6 Å². The Morgan fingerprint density at radius 2 is 2.19 bits per heavy atom. The largest absolute Gasteiger partial charge is 0.491 e. The third-order valence-electron chi connectivity index (χ3n) is 2.19. The highest BCUT2D eigenvalue weighted by atomic mass is 19.1. The Hall–Kier alpha value is -1.13. The van der Waals surface area contributed by atoms with Gasteiger partial charge in [-0.05, 0) is 37.6 Å². The summed E-state index contributed by atoms with van der Waals surface area (Å²) in [5.74, 6) is -0.0606. The molecule has 0 fully saturated rings. The quantitative estimate of drug-likeness (QED) is 0.697. The lowest BCUT2D eigenvalue weighted by atomic mass is 10.2. The summed E-state index contributed by atoms with van der Waals surface area (Å²) in [5, 5.41) is 11.5. The van der Waals surface area contributed by atoms with E-state index in [9.17, 15) is 4.39 Å². The van der Waals surface area contributed by atoms with Crippen molar-refractivity contribution in [1.29, 1.82) is 0 Å². The van der Waals surface area contributed by atoms with Crippen molar-refractivity contribution in [2.24, 2.45) is 0 Å². The maximum absolute atomic E-state index is 13.5. The van der Waals surface area contributed by atoms with E-state index in [0.717, 1.165) is 12.0 Å². The number of nitrogens with one attached hydrogen (secondary N) is 1. The van der Waals surface area contributed by atoms with Crippen LogP contribution in [0.25, 0.3) is 0 Å². The summed E-state index contributed by atoms with van der Waals surface area (Å²) in [7, 11) is 1.82. The highest BCUT2D eigenvalue weighted by Crippen LogP contribution is 2.18. The van der Waals surface area contributed by atoms with E-state index in [1.54, 1.807) is 6.07 Å². The molecule has 0 unspecified atom stereocenters. The summed E-state index contributed by atoms with van der Waals surface area (Å²) in [6.45, 7) is 1.22. The lowest BCUT2D eigenvalue weighted by Gasteiger charge is -2.08. The molecule has 2 N–H and O–H groups in total. The van der Waals surface area contributed by atoms with Crippen LogP contribution < -0.4 is 10.1 Å². The van der Waals surface area contributed by atoms with Gasteiger partial charge in [-0.3, -0.25) is 0 Å². The predicted molar refractivity (Wildman–Crippen MR) is 61.0 cm³/mol. The number of aliphatic hydroxyl groups is 1. The Labute approximate surface area is 95.2 Å². The summed E-state index contributed by atoms with van der Waals surface area (Å²) in [6.07, 6.45) is 1.41. The highest BCUT2D eigenvalue weighted by Gasteiger charge is 2.04. The average Bonchev–Trinajstić information content (AvgIpc) is 2.27. The van der Waals surface area contributed by atoms with E-state index in [2.05, 4.69) is 5.32 Å². The number of ether oxygens (including phenoxy) is 1. The van der Waals surface area contributed by atoms with Gasteiger partial charge in [-0.25, -0.2) is 4.39 Å². The molecule has 0 aliphatic heterocycles. The highest BCUT2D eigenvalue weighted by molar-refractivity contribution is 5.29. The fourth-order valence-corrected chi connectivity index (χ4v) is 1.37. The Balaban J connectivity index is 2.47. The first-order valence-corrected chi connectivity index (χ1v) is 5.44. The van der Waals surface area contributed by atoms with Crippen molar-refractivity contribution < 1.29 is 14.2 Å². The molecule has 1 rings (SSSR count). The maximum Gasteiger partial charge on any atom is 0.165 e. The van der Waals surface area contributed by atoms with Crippen LogP contribution >= 0.6 is 0 Å². The lowest BCUT2D eigenvalue weighted by Crippen LogP contribution is -2.06. The van der Waals surface area contributed by atoms with Crippen molar-refractivity contribution in [3.63, 3.8) is 0 Å². The molecule has 90 valence electrons. The zero-order valence-corrected chi connectivity index (χ0v) is 9.50. The lowest BCUT2D eigenvalue weighted by molar-refractivity contribution is 0.248. The van der Waals surface area contributed by atoms with Gasteiger partial charge in [0, 0.05) is 13.2 Å². The topological polar surface area (TPSA) is 41.5 Å². The van der Waals surface area contributed by atoms with Crippen molar-refractivity contribution in [3.8, 4) is 5.75 Å². The van der Waals surface area contributed by atoms with E-state index < -0.39 is 0 Å². The van der Waals surface area contributed by atoms with Crippen LogP contribution in [0.15, 0.2) is 18.2 Å². The Bertz CT molecular complexity index is 318. The van der Waals surface area contributed by atoms with Crippen LogP contribution in [0, 0.1) is 5.82 Å². The first-order valence-electron chi connectivity index (χ1n) is 5.44. The van der Waals surface area contributed by atoms with Crippen LogP contribution in [0.3, 0.4) is 0 Å². The van der Waals surface area contributed by atoms with Gasteiger partial charge in [0.2, 0.25) is 0 Å². The molecule has 1 aromatic rings. The van der Waals surface area contributed by atoms with Gasteiger partial charge in [0.05, 0.1) is 6.61 Å².